The highest BCUT2D eigenvalue weighted by atomic mass is 79.9. The molecule has 0 fully saturated rings. The molecule has 3 N–H and O–H groups in total. The summed E-state index contributed by atoms with van der Waals surface area (Å²) in [7, 11) is 0. The molecule has 0 aromatic heterocycles. The molecule has 1 amide bonds. The van der Waals surface area contributed by atoms with Crippen LogP contribution in [0.1, 0.15) is 15.9 Å². The maximum absolute atomic E-state index is 12.3. The van der Waals surface area contributed by atoms with Crippen molar-refractivity contribution in [3.63, 3.8) is 0 Å². The lowest BCUT2D eigenvalue weighted by Crippen LogP contribution is -2.14. The molecule has 104 valence electrons. The van der Waals surface area contributed by atoms with E-state index in [0.29, 0.717) is 26.4 Å². The monoisotopic (exact) mass is 416 g/mol. The maximum Gasteiger partial charge on any atom is 0.257 e. The van der Waals surface area contributed by atoms with E-state index in [9.17, 15) is 4.79 Å². The van der Waals surface area contributed by atoms with Crippen molar-refractivity contribution >= 4 is 60.7 Å². The molecular formula is C14H11Br2ClN2O. The molecule has 2 rings (SSSR count). The second-order valence-corrected chi connectivity index (χ2v) is 6.35. The second-order valence-electron chi connectivity index (χ2n) is 4.27. The minimum Gasteiger partial charge on any atom is -0.397 e. The van der Waals surface area contributed by atoms with E-state index in [1.165, 1.54) is 0 Å². The lowest BCUT2D eigenvalue weighted by molar-refractivity contribution is 0.102. The van der Waals surface area contributed by atoms with Gasteiger partial charge in [0.05, 0.1) is 22.0 Å². The molecule has 2 aromatic carbocycles. The summed E-state index contributed by atoms with van der Waals surface area (Å²) < 4.78 is 1.40. The van der Waals surface area contributed by atoms with E-state index in [1.807, 2.05) is 13.0 Å². The van der Waals surface area contributed by atoms with Crippen molar-refractivity contribution in [1.82, 2.24) is 0 Å². The number of halogens is 3. The molecule has 6 heteroatoms. The van der Waals surface area contributed by atoms with E-state index >= 15 is 0 Å². The Bertz CT molecular complexity index is 666. The number of aryl methyl sites for hydroxylation is 1. The molecule has 0 saturated heterocycles. The fourth-order valence-electron chi connectivity index (χ4n) is 1.76. The van der Waals surface area contributed by atoms with Gasteiger partial charge in [-0.2, -0.15) is 0 Å². The third kappa shape index (κ3) is 3.16. The first-order chi connectivity index (χ1) is 9.40. The van der Waals surface area contributed by atoms with Crippen LogP contribution in [-0.2, 0) is 0 Å². The zero-order chi connectivity index (χ0) is 14.9. The Labute approximate surface area is 138 Å². The number of benzene rings is 2. The number of amides is 1. The fraction of sp³-hybridized carbons (Fsp3) is 0.0714. The summed E-state index contributed by atoms with van der Waals surface area (Å²) in [4.78, 5) is 12.3. The Balaban J connectivity index is 2.36. The van der Waals surface area contributed by atoms with Crippen molar-refractivity contribution in [1.29, 1.82) is 0 Å². The van der Waals surface area contributed by atoms with Crippen LogP contribution in [0.3, 0.4) is 0 Å². The number of carbonyl (C=O) groups excluding carboxylic acids is 1. The molecule has 20 heavy (non-hydrogen) atoms. The summed E-state index contributed by atoms with van der Waals surface area (Å²) in [5.41, 5.74) is 8.35. The Morgan fingerprint density at radius 2 is 1.95 bits per heavy atom. The Hall–Kier alpha value is -1.04. The molecule has 0 radical (unpaired) electrons. The van der Waals surface area contributed by atoms with E-state index < -0.39 is 0 Å². The minimum atomic E-state index is -0.312. The maximum atomic E-state index is 12.3. The molecule has 0 heterocycles. The predicted octanol–water partition coefficient (Wildman–Crippen LogP) is 5.01. The van der Waals surface area contributed by atoms with Crippen LogP contribution in [0, 0.1) is 6.92 Å². The van der Waals surface area contributed by atoms with Gasteiger partial charge in [-0.25, -0.2) is 0 Å². The number of hydrogen-bond donors (Lipinski definition) is 2. The number of nitrogen functional groups attached to an aromatic ring is 1. The van der Waals surface area contributed by atoms with Crippen molar-refractivity contribution < 1.29 is 4.79 Å². The highest BCUT2D eigenvalue weighted by Crippen LogP contribution is 2.32. The largest absolute Gasteiger partial charge is 0.397 e. The third-order valence-corrected chi connectivity index (χ3v) is 4.62. The molecule has 0 unspecified atom stereocenters. The third-order valence-electron chi connectivity index (χ3n) is 2.70. The molecule has 0 atom stereocenters. The standard InChI is InChI=1S/C14H11Br2ClN2O/c1-7-5-10(16)13(11(18)6-7)19-14(20)8-3-2-4-9(15)12(8)17/h2-6H,18H2,1H3,(H,19,20). The average Bonchev–Trinajstić information content (AvgIpc) is 2.36. The minimum absolute atomic E-state index is 0.312. The van der Waals surface area contributed by atoms with Crippen molar-refractivity contribution in [3.05, 3.63) is 55.4 Å². The number of rotatable bonds is 2. The molecule has 0 aliphatic carbocycles. The van der Waals surface area contributed by atoms with Crippen LogP contribution in [0.5, 0.6) is 0 Å². The first-order valence-electron chi connectivity index (χ1n) is 5.71. The van der Waals surface area contributed by atoms with E-state index in [4.69, 9.17) is 17.3 Å². The number of nitrogens with one attached hydrogen (secondary N) is 1. The molecule has 0 saturated carbocycles. The van der Waals surface area contributed by atoms with Gasteiger partial charge in [-0.1, -0.05) is 17.7 Å². The summed E-state index contributed by atoms with van der Waals surface area (Å²) in [6.45, 7) is 1.93. The van der Waals surface area contributed by atoms with Crippen LogP contribution in [0.4, 0.5) is 11.4 Å². The van der Waals surface area contributed by atoms with Crippen molar-refractivity contribution in [3.8, 4) is 0 Å². The van der Waals surface area contributed by atoms with Gasteiger partial charge >= 0.3 is 0 Å². The summed E-state index contributed by atoms with van der Waals surface area (Å²) in [5, 5.41) is 3.14. The van der Waals surface area contributed by atoms with Crippen LogP contribution >= 0.6 is 43.5 Å². The summed E-state index contributed by atoms with van der Waals surface area (Å²) in [5.74, 6) is -0.312. The molecular weight excluding hydrogens is 407 g/mol. The fourth-order valence-corrected chi connectivity index (χ4v) is 3.03. The topological polar surface area (TPSA) is 55.1 Å². The van der Waals surface area contributed by atoms with Gasteiger partial charge in [-0.05, 0) is 68.6 Å². The Morgan fingerprint density at radius 3 is 2.60 bits per heavy atom. The normalized spacial score (nSPS) is 10.4. The summed E-state index contributed by atoms with van der Waals surface area (Å²) in [6.07, 6.45) is 0. The molecule has 2 aromatic rings. The molecule has 0 aliphatic rings. The zero-order valence-corrected chi connectivity index (χ0v) is 14.4. The smallest absolute Gasteiger partial charge is 0.257 e. The van der Waals surface area contributed by atoms with Gasteiger partial charge in [0.1, 0.15) is 0 Å². The first-order valence-corrected chi connectivity index (χ1v) is 7.67. The number of hydrogen-bond acceptors (Lipinski definition) is 2. The Kier molecular flexibility index (Phi) is 4.73. The number of carbonyl (C=O) groups is 1. The highest BCUT2D eigenvalue weighted by Gasteiger charge is 2.15. The first kappa shape index (κ1) is 15.4. The Morgan fingerprint density at radius 1 is 1.25 bits per heavy atom. The van der Waals surface area contributed by atoms with Gasteiger partial charge in [0.15, 0.2) is 0 Å². The number of anilines is 2. The molecule has 0 aliphatic heterocycles. The van der Waals surface area contributed by atoms with Gasteiger partial charge in [-0.3, -0.25) is 4.79 Å². The van der Waals surface area contributed by atoms with Crippen LogP contribution < -0.4 is 11.1 Å². The van der Waals surface area contributed by atoms with Crippen molar-refractivity contribution in [2.75, 3.05) is 11.1 Å². The van der Waals surface area contributed by atoms with Crippen LogP contribution in [0.2, 0.25) is 5.02 Å². The second kappa shape index (κ2) is 6.16. The van der Waals surface area contributed by atoms with Gasteiger partial charge < -0.3 is 11.1 Å². The van der Waals surface area contributed by atoms with Crippen LogP contribution in [0.15, 0.2) is 39.3 Å². The van der Waals surface area contributed by atoms with E-state index in [0.717, 1.165) is 10.0 Å². The van der Waals surface area contributed by atoms with Gasteiger partial charge in [0.25, 0.3) is 5.91 Å². The highest BCUT2D eigenvalue weighted by molar-refractivity contribution is 9.11. The van der Waals surface area contributed by atoms with Crippen LogP contribution in [-0.4, -0.2) is 5.91 Å². The molecule has 0 spiro atoms. The van der Waals surface area contributed by atoms with E-state index in [2.05, 4.69) is 37.2 Å². The van der Waals surface area contributed by atoms with Crippen LogP contribution in [0.25, 0.3) is 0 Å². The van der Waals surface area contributed by atoms with Crippen molar-refractivity contribution in [2.45, 2.75) is 6.92 Å². The van der Waals surface area contributed by atoms with Gasteiger partial charge in [0, 0.05) is 8.95 Å². The zero-order valence-electron chi connectivity index (χ0n) is 10.5. The van der Waals surface area contributed by atoms with E-state index in [1.54, 1.807) is 24.3 Å². The quantitative estimate of drug-likeness (QED) is 0.674. The van der Waals surface area contributed by atoms with Gasteiger partial charge in [0.2, 0.25) is 0 Å². The lowest BCUT2D eigenvalue weighted by Gasteiger charge is -2.12. The predicted molar refractivity (Wildman–Crippen MR) is 90.4 cm³/mol. The van der Waals surface area contributed by atoms with E-state index in [-0.39, 0.29) is 5.91 Å². The molecule has 0 bridgehead atoms. The SMILES string of the molecule is Cc1cc(N)c(NC(=O)c2cccc(Br)c2Cl)c(Br)c1. The average molecular weight is 419 g/mol. The summed E-state index contributed by atoms with van der Waals surface area (Å²) >= 11 is 12.8. The lowest BCUT2D eigenvalue weighted by atomic mass is 10.1. The van der Waals surface area contributed by atoms with Crippen molar-refractivity contribution in [2.24, 2.45) is 0 Å². The molecule has 3 nitrogen and oxygen atoms in total. The number of nitrogens with two attached hydrogens (primary N) is 1. The van der Waals surface area contributed by atoms with Gasteiger partial charge in [-0.15, -0.1) is 0 Å². The summed E-state index contributed by atoms with van der Waals surface area (Å²) in [6, 6.07) is 8.85.